The predicted octanol–water partition coefficient (Wildman–Crippen LogP) is -0.812. The van der Waals surface area contributed by atoms with Gasteiger partial charge in [-0.3, -0.25) is 4.79 Å². The van der Waals surface area contributed by atoms with Crippen molar-refractivity contribution in [3.05, 3.63) is 5.82 Å². The zero-order valence-corrected chi connectivity index (χ0v) is 6.40. The maximum atomic E-state index is 10.2. The third kappa shape index (κ3) is 1.90. The second kappa shape index (κ2) is 3.33. The predicted molar refractivity (Wildman–Crippen MR) is 38.1 cm³/mol. The summed E-state index contributed by atoms with van der Waals surface area (Å²) in [6, 6.07) is 0. The summed E-state index contributed by atoms with van der Waals surface area (Å²) in [5.74, 6) is -0.184. The van der Waals surface area contributed by atoms with E-state index in [1.54, 1.807) is 0 Å². The molecule has 0 bridgehead atoms. The van der Waals surface area contributed by atoms with Gasteiger partial charge in [0.2, 0.25) is 0 Å². The summed E-state index contributed by atoms with van der Waals surface area (Å²) < 4.78 is 1.19. The number of nitrogens with zero attached hydrogens (tertiary/aromatic N) is 4. The molecule has 0 amide bonds. The number of aliphatic carboxylic acids is 1. The average Bonchev–Trinajstić information content (AvgIpc) is 2.34. The lowest BCUT2D eigenvalue weighted by Crippen LogP contribution is -2.12. The summed E-state index contributed by atoms with van der Waals surface area (Å²) in [6.07, 6.45) is 0. The Morgan fingerprint density at radius 3 is 3.00 bits per heavy atom. The maximum Gasteiger partial charge on any atom is 0.325 e. The number of aromatic nitrogens is 4. The molecule has 0 aliphatic carbocycles. The van der Waals surface area contributed by atoms with Gasteiger partial charge in [0.1, 0.15) is 6.54 Å². The van der Waals surface area contributed by atoms with Crippen molar-refractivity contribution in [2.75, 3.05) is 0 Å². The quantitative estimate of drug-likeness (QED) is 0.585. The zero-order valence-electron chi connectivity index (χ0n) is 5.51. The molecule has 6 nitrogen and oxygen atoms in total. The Kier molecular flexibility index (Phi) is 2.42. The van der Waals surface area contributed by atoms with Crippen LogP contribution in [0, 0.1) is 0 Å². The van der Waals surface area contributed by atoms with E-state index in [-0.39, 0.29) is 6.54 Å². The van der Waals surface area contributed by atoms with E-state index in [0.29, 0.717) is 11.6 Å². The first-order valence-electron chi connectivity index (χ1n) is 2.81. The van der Waals surface area contributed by atoms with Crippen LogP contribution in [0.3, 0.4) is 0 Å². The topological polar surface area (TPSA) is 80.9 Å². The minimum absolute atomic E-state index is 0.219. The SMILES string of the molecule is O=C(O)Cn1nnnc1CS. The molecule has 11 heavy (non-hydrogen) atoms. The van der Waals surface area contributed by atoms with Gasteiger partial charge in [0, 0.05) is 0 Å². The van der Waals surface area contributed by atoms with Crippen molar-refractivity contribution in [1.29, 1.82) is 0 Å². The summed E-state index contributed by atoms with van der Waals surface area (Å²) in [4.78, 5) is 10.2. The van der Waals surface area contributed by atoms with E-state index in [9.17, 15) is 4.79 Å². The Morgan fingerprint density at radius 1 is 1.73 bits per heavy atom. The van der Waals surface area contributed by atoms with E-state index in [4.69, 9.17) is 5.11 Å². The third-order valence-corrected chi connectivity index (χ3v) is 1.32. The lowest BCUT2D eigenvalue weighted by atomic mass is 10.6. The molecule has 1 rings (SSSR count). The van der Waals surface area contributed by atoms with Crippen molar-refractivity contribution >= 4 is 18.6 Å². The first-order chi connectivity index (χ1) is 5.24. The molecule has 0 saturated carbocycles. The van der Waals surface area contributed by atoms with Gasteiger partial charge >= 0.3 is 5.97 Å². The smallest absolute Gasteiger partial charge is 0.325 e. The lowest BCUT2D eigenvalue weighted by Gasteiger charge is -1.95. The molecule has 60 valence electrons. The highest BCUT2D eigenvalue weighted by molar-refractivity contribution is 7.79. The first kappa shape index (κ1) is 7.99. The van der Waals surface area contributed by atoms with E-state index in [1.165, 1.54) is 4.68 Å². The van der Waals surface area contributed by atoms with Crippen LogP contribution < -0.4 is 0 Å². The minimum Gasteiger partial charge on any atom is -0.480 e. The molecule has 0 fully saturated rings. The molecule has 0 unspecified atom stereocenters. The second-order valence-corrected chi connectivity index (χ2v) is 2.12. The van der Waals surface area contributed by atoms with Crippen molar-refractivity contribution in [2.45, 2.75) is 12.3 Å². The summed E-state index contributed by atoms with van der Waals surface area (Å²) in [6.45, 7) is -0.219. The van der Waals surface area contributed by atoms with Crippen LogP contribution in [0.1, 0.15) is 5.82 Å². The molecular weight excluding hydrogens is 168 g/mol. The van der Waals surface area contributed by atoms with E-state index in [2.05, 4.69) is 28.2 Å². The molecule has 0 spiro atoms. The van der Waals surface area contributed by atoms with Crippen molar-refractivity contribution in [3.63, 3.8) is 0 Å². The molecule has 1 aromatic rings. The van der Waals surface area contributed by atoms with Crippen LogP contribution in [0.15, 0.2) is 0 Å². The molecule has 0 radical (unpaired) electrons. The van der Waals surface area contributed by atoms with Crippen molar-refractivity contribution in [2.24, 2.45) is 0 Å². The number of thiol groups is 1. The van der Waals surface area contributed by atoms with Crippen LogP contribution in [0.5, 0.6) is 0 Å². The third-order valence-electron chi connectivity index (χ3n) is 1.03. The lowest BCUT2D eigenvalue weighted by molar-refractivity contribution is -0.137. The summed E-state index contributed by atoms with van der Waals surface area (Å²) in [5.41, 5.74) is 0. The number of carboxylic acids is 1. The minimum atomic E-state index is -0.972. The van der Waals surface area contributed by atoms with Crippen molar-refractivity contribution in [3.8, 4) is 0 Å². The number of hydrogen-bond donors (Lipinski definition) is 2. The van der Waals surface area contributed by atoms with Gasteiger partial charge in [-0.25, -0.2) is 4.68 Å². The number of tetrazole rings is 1. The second-order valence-electron chi connectivity index (χ2n) is 1.80. The van der Waals surface area contributed by atoms with E-state index in [1.807, 2.05) is 0 Å². The Labute approximate surface area is 67.6 Å². The van der Waals surface area contributed by atoms with Gasteiger partial charge in [-0.15, -0.1) is 5.10 Å². The largest absolute Gasteiger partial charge is 0.480 e. The Bertz CT molecular complexity index is 260. The summed E-state index contributed by atoms with van der Waals surface area (Å²) in [5, 5.41) is 18.7. The monoisotopic (exact) mass is 174 g/mol. The number of carbonyl (C=O) groups is 1. The fourth-order valence-corrected chi connectivity index (χ4v) is 0.814. The standard InChI is InChI=1S/C4H6N4O2S/c9-4(10)1-8-3(2-11)5-6-7-8/h11H,1-2H2,(H,9,10). The van der Waals surface area contributed by atoms with Gasteiger partial charge in [-0.05, 0) is 10.4 Å². The highest BCUT2D eigenvalue weighted by Gasteiger charge is 2.06. The molecule has 0 aliphatic rings. The molecule has 0 aromatic carbocycles. The van der Waals surface area contributed by atoms with E-state index in [0.717, 1.165) is 0 Å². The average molecular weight is 174 g/mol. The van der Waals surface area contributed by atoms with E-state index >= 15 is 0 Å². The molecule has 1 aromatic heterocycles. The molecule has 0 saturated heterocycles. The van der Waals surface area contributed by atoms with Crippen LogP contribution in [0.4, 0.5) is 0 Å². The molecule has 7 heteroatoms. The Balaban J connectivity index is 2.76. The number of carboxylic acid groups (broad SMARTS) is 1. The summed E-state index contributed by atoms with van der Waals surface area (Å²) >= 11 is 3.91. The van der Waals surface area contributed by atoms with Gasteiger partial charge < -0.3 is 5.11 Å². The van der Waals surface area contributed by atoms with Crippen LogP contribution in [-0.4, -0.2) is 31.3 Å². The normalized spacial score (nSPS) is 9.91. The van der Waals surface area contributed by atoms with Crippen LogP contribution in [0.2, 0.25) is 0 Å². The summed E-state index contributed by atoms with van der Waals surface area (Å²) in [7, 11) is 0. The maximum absolute atomic E-state index is 10.2. The van der Waals surface area contributed by atoms with Gasteiger partial charge in [0.05, 0.1) is 5.75 Å². The highest BCUT2D eigenvalue weighted by atomic mass is 32.1. The molecule has 1 heterocycles. The van der Waals surface area contributed by atoms with Gasteiger partial charge in [0.25, 0.3) is 0 Å². The molecule has 1 N–H and O–H groups in total. The molecular formula is C4H6N4O2S. The Morgan fingerprint density at radius 2 is 2.45 bits per heavy atom. The number of rotatable bonds is 3. The van der Waals surface area contributed by atoms with E-state index < -0.39 is 5.97 Å². The van der Waals surface area contributed by atoms with Gasteiger partial charge in [0.15, 0.2) is 5.82 Å². The van der Waals surface area contributed by atoms with Crippen LogP contribution >= 0.6 is 12.6 Å². The molecule has 0 aliphatic heterocycles. The van der Waals surface area contributed by atoms with Crippen molar-refractivity contribution < 1.29 is 9.90 Å². The van der Waals surface area contributed by atoms with Gasteiger partial charge in [-0.2, -0.15) is 12.6 Å². The Hall–Kier alpha value is -1.11. The fourth-order valence-electron chi connectivity index (χ4n) is 0.587. The first-order valence-corrected chi connectivity index (χ1v) is 3.45. The highest BCUT2D eigenvalue weighted by Crippen LogP contribution is 1.95. The number of hydrogen-bond acceptors (Lipinski definition) is 5. The van der Waals surface area contributed by atoms with Gasteiger partial charge in [-0.1, -0.05) is 0 Å². The van der Waals surface area contributed by atoms with Crippen LogP contribution in [0.25, 0.3) is 0 Å². The molecule has 0 atom stereocenters. The van der Waals surface area contributed by atoms with Crippen LogP contribution in [-0.2, 0) is 17.1 Å². The fraction of sp³-hybridized carbons (Fsp3) is 0.500. The zero-order chi connectivity index (χ0) is 8.27. The van der Waals surface area contributed by atoms with Crippen molar-refractivity contribution in [1.82, 2.24) is 20.2 Å².